The average molecular weight is 272 g/mol. The Balaban J connectivity index is 2.09. The van der Waals surface area contributed by atoms with Crippen molar-refractivity contribution in [1.82, 2.24) is 0 Å². The minimum Gasteiger partial charge on any atom is -0.377 e. The summed E-state index contributed by atoms with van der Waals surface area (Å²) in [6, 6.07) is 7.14. The lowest BCUT2D eigenvalue weighted by Crippen LogP contribution is -2.08. The first-order valence-corrected chi connectivity index (χ1v) is 8.48. The van der Waals surface area contributed by atoms with Crippen LogP contribution in [0.2, 0.25) is 0 Å². The van der Waals surface area contributed by atoms with Gasteiger partial charge in [0, 0.05) is 23.5 Å². The van der Waals surface area contributed by atoms with Crippen molar-refractivity contribution < 1.29 is 13.2 Å². The lowest BCUT2D eigenvalue weighted by atomic mass is 10.3. The highest BCUT2D eigenvalue weighted by atomic mass is 32.2. The van der Waals surface area contributed by atoms with Crippen LogP contribution < -0.4 is 0 Å². The molecule has 17 heavy (non-hydrogen) atoms. The van der Waals surface area contributed by atoms with E-state index in [0.29, 0.717) is 4.90 Å². The first-order valence-electron chi connectivity index (χ1n) is 5.61. The fourth-order valence-electron chi connectivity index (χ4n) is 1.83. The van der Waals surface area contributed by atoms with Crippen LogP contribution >= 0.6 is 11.8 Å². The topological polar surface area (TPSA) is 43.4 Å². The zero-order valence-electron chi connectivity index (χ0n) is 9.76. The SMILES string of the molecule is CS(=O)(=O)c1ccccc1SC[C@@H]1CCCO1. The van der Waals surface area contributed by atoms with Crippen molar-refractivity contribution in [3.8, 4) is 0 Å². The van der Waals surface area contributed by atoms with E-state index in [0.717, 1.165) is 30.1 Å². The van der Waals surface area contributed by atoms with Gasteiger partial charge in [-0.3, -0.25) is 0 Å². The average Bonchev–Trinajstić information content (AvgIpc) is 2.78. The monoisotopic (exact) mass is 272 g/mol. The minimum absolute atomic E-state index is 0.271. The highest BCUT2D eigenvalue weighted by Gasteiger charge is 2.18. The largest absolute Gasteiger partial charge is 0.377 e. The van der Waals surface area contributed by atoms with E-state index in [4.69, 9.17) is 4.74 Å². The van der Waals surface area contributed by atoms with E-state index in [9.17, 15) is 8.42 Å². The van der Waals surface area contributed by atoms with Gasteiger partial charge in [0.05, 0.1) is 11.0 Å². The Morgan fingerprint density at radius 3 is 2.82 bits per heavy atom. The molecule has 1 fully saturated rings. The van der Waals surface area contributed by atoms with Gasteiger partial charge in [0.15, 0.2) is 9.84 Å². The van der Waals surface area contributed by atoms with Crippen LogP contribution in [-0.2, 0) is 14.6 Å². The predicted molar refractivity (Wildman–Crippen MR) is 69.2 cm³/mol. The number of rotatable bonds is 4. The second-order valence-corrected chi connectivity index (χ2v) is 7.21. The Kier molecular flexibility index (Phi) is 4.12. The summed E-state index contributed by atoms with van der Waals surface area (Å²) in [7, 11) is -3.14. The molecule has 3 nitrogen and oxygen atoms in total. The summed E-state index contributed by atoms with van der Waals surface area (Å²) in [4.78, 5) is 1.24. The van der Waals surface area contributed by atoms with Gasteiger partial charge in [-0.2, -0.15) is 0 Å². The molecule has 5 heteroatoms. The summed E-state index contributed by atoms with van der Waals surface area (Å²) in [6.45, 7) is 0.832. The summed E-state index contributed by atoms with van der Waals surface area (Å²) in [5.41, 5.74) is 0. The van der Waals surface area contributed by atoms with Gasteiger partial charge in [0.2, 0.25) is 0 Å². The summed E-state index contributed by atoms with van der Waals surface area (Å²) < 4.78 is 28.7. The van der Waals surface area contributed by atoms with Crippen LogP contribution in [0, 0.1) is 0 Å². The second kappa shape index (κ2) is 5.42. The van der Waals surface area contributed by atoms with Gasteiger partial charge in [0.25, 0.3) is 0 Å². The Hall–Kier alpha value is -0.520. The highest BCUT2D eigenvalue weighted by molar-refractivity contribution is 8.00. The molecule has 94 valence electrons. The third kappa shape index (κ3) is 3.47. The molecule has 1 aliphatic rings. The standard InChI is InChI=1S/C12H16O3S2/c1-17(13,14)12-7-3-2-6-11(12)16-9-10-5-4-8-15-10/h2-3,6-7,10H,4-5,8-9H2,1H3/t10-/m0/s1. The third-order valence-electron chi connectivity index (χ3n) is 2.70. The lowest BCUT2D eigenvalue weighted by molar-refractivity contribution is 0.129. The maximum atomic E-state index is 11.6. The molecule has 0 aromatic heterocycles. The summed E-state index contributed by atoms with van der Waals surface area (Å²) >= 11 is 1.57. The van der Waals surface area contributed by atoms with Crippen LogP contribution in [0.3, 0.4) is 0 Å². The smallest absolute Gasteiger partial charge is 0.176 e. The number of hydrogen-bond acceptors (Lipinski definition) is 4. The Bertz CT molecular complexity index is 476. The van der Waals surface area contributed by atoms with Gasteiger partial charge in [0.1, 0.15) is 0 Å². The second-order valence-electron chi connectivity index (χ2n) is 4.16. The van der Waals surface area contributed by atoms with Crippen LogP contribution in [0.5, 0.6) is 0 Å². The van der Waals surface area contributed by atoms with E-state index < -0.39 is 9.84 Å². The lowest BCUT2D eigenvalue weighted by Gasteiger charge is -2.11. The van der Waals surface area contributed by atoms with Crippen LogP contribution in [0.25, 0.3) is 0 Å². The van der Waals surface area contributed by atoms with Crippen molar-refractivity contribution in [2.75, 3.05) is 18.6 Å². The molecule has 0 amide bonds. The molecule has 0 unspecified atom stereocenters. The van der Waals surface area contributed by atoms with Crippen molar-refractivity contribution in [2.45, 2.75) is 28.7 Å². The Labute approximate surface area is 106 Å². The van der Waals surface area contributed by atoms with Gasteiger partial charge in [-0.1, -0.05) is 12.1 Å². The molecule has 0 aliphatic carbocycles. The molecular formula is C12H16O3S2. The third-order valence-corrected chi connectivity index (χ3v) is 5.19. The Morgan fingerprint density at radius 2 is 2.18 bits per heavy atom. The molecule has 1 heterocycles. The van der Waals surface area contributed by atoms with E-state index in [1.807, 2.05) is 12.1 Å². The van der Waals surface area contributed by atoms with Crippen LogP contribution in [0.4, 0.5) is 0 Å². The molecule has 1 aromatic carbocycles. The molecule has 0 spiro atoms. The Morgan fingerprint density at radius 1 is 1.41 bits per heavy atom. The number of benzene rings is 1. The molecule has 0 N–H and O–H groups in total. The van der Waals surface area contributed by atoms with E-state index in [1.54, 1.807) is 23.9 Å². The molecule has 0 saturated carbocycles. The van der Waals surface area contributed by atoms with Crippen molar-refractivity contribution in [3.63, 3.8) is 0 Å². The van der Waals surface area contributed by atoms with E-state index in [1.165, 1.54) is 6.26 Å². The van der Waals surface area contributed by atoms with Gasteiger partial charge >= 0.3 is 0 Å². The van der Waals surface area contributed by atoms with Crippen molar-refractivity contribution in [3.05, 3.63) is 24.3 Å². The van der Waals surface area contributed by atoms with Crippen LogP contribution in [0.15, 0.2) is 34.1 Å². The maximum absolute atomic E-state index is 11.6. The van der Waals surface area contributed by atoms with E-state index in [2.05, 4.69) is 0 Å². The van der Waals surface area contributed by atoms with Crippen molar-refractivity contribution in [1.29, 1.82) is 0 Å². The van der Waals surface area contributed by atoms with Crippen molar-refractivity contribution in [2.24, 2.45) is 0 Å². The highest BCUT2D eigenvalue weighted by Crippen LogP contribution is 2.29. The first-order chi connectivity index (χ1) is 8.07. The summed E-state index contributed by atoms with van der Waals surface area (Å²) in [5.74, 6) is 0.826. The zero-order valence-corrected chi connectivity index (χ0v) is 11.4. The minimum atomic E-state index is -3.14. The molecule has 1 saturated heterocycles. The fraction of sp³-hybridized carbons (Fsp3) is 0.500. The number of thioether (sulfide) groups is 1. The van der Waals surface area contributed by atoms with Gasteiger partial charge < -0.3 is 4.74 Å². The summed E-state index contributed by atoms with van der Waals surface area (Å²) in [6.07, 6.45) is 3.71. The quantitative estimate of drug-likeness (QED) is 0.789. The molecule has 1 aliphatic heterocycles. The number of hydrogen-bond donors (Lipinski definition) is 0. The molecule has 2 rings (SSSR count). The van der Waals surface area contributed by atoms with Crippen molar-refractivity contribution >= 4 is 21.6 Å². The van der Waals surface area contributed by atoms with E-state index in [-0.39, 0.29) is 6.10 Å². The number of ether oxygens (including phenoxy) is 1. The maximum Gasteiger partial charge on any atom is 0.176 e. The molecule has 0 bridgehead atoms. The first kappa shape index (κ1) is 12.9. The zero-order chi connectivity index (χ0) is 12.3. The van der Waals surface area contributed by atoms with E-state index >= 15 is 0 Å². The van der Waals surface area contributed by atoms with Gasteiger partial charge in [-0.15, -0.1) is 11.8 Å². The normalized spacial score (nSPS) is 20.6. The van der Waals surface area contributed by atoms with Gasteiger partial charge in [-0.05, 0) is 25.0 Å². The van der Waals surface area contributed by atoms with Crippen LogP contribution in [-0.4, -0.2) is 33.1 Å². The number of sulfone groups is 1. The molecule has 1 atom stereocenters. The van der Waals surface area contributed by atoms with Crippen LogP contribution in [0.1, 0.15) is 12.8 Å². The fourth-order valence-corrected chi connectivity index (χ4v) is 4.24. The molecular weight excluding hydrogens is 256 g/mol. The molecule has 0 radical (unpaired) electrons. The molecule has 1 aromatic rings. The van der Waals surface area contributed by atoms with Gasteiger partial charge in [-0.25, -0.2) is 8.42 Å². The predicted octanol–water partition coefficient (Wildman–Crippen LogP) is 2.36. The summed E-state index contributed by atoms with van der Waals surface area (Å²) in [5, 5.41) is 0.